The van der Waals surface area contributed by atoms with Crippen LogP contribution in [0.5, 0.6) is 0 Å². The number of hydrogen-bond acceptors (Lipinski definition) is 2. The third-order valence-corrected chi connectivity index (χ3v) is 13.6. The van der Waals surface area contributed by atoms with Crippen LogP contribution < -0.4 is 4.90 Å². The minimum Gasteiger partial charge on any atom is -0.310 e. The zero-order valence-electron chi connectivity index (χ0n) is 30.1. The summed E-state index contributed by atoms with van der Waals surface area (Å²) < 4.78 is 0. The monoisotopic (exact) mass is 626 g/mol. The Morgan fingerprint density at radius 2 is 0.958 bits per heavy atom. The average Bonchev–Trinajstić information content (AvgIpc) is 3.48. The second-order valence-electron chi connectivity index (χ2n) is 16.9. The lowest BCUT2D eigenvalue weighted by Crippen LogP contribution is -2.42. The summed E-state index contributed by atoms with van der Waals surface area (Å²) in [5, 5.41) is 10.7. The van der Waals surface area contributed by atoms with E-state index in [1.165, 1.54) is 44.5 Å². The van der Waals surface area contributed by atoms with E-state index in [0.29, 0.717) is 0 Å². The molecule has 240 valence electrons. The van der Waals surface area contributed by atoms with Crippen LogP contribution in [0.2, 0.25) is 0 Å². The first-order valence-electron chi connectivity index (χ1n) is 17.4. The van der Waals surface area contributed by atoms with E-state index in [1.807, 2.05) is 0 Å². The number of nitriles is 1. The predicted octanol–water partition coefficient (Wildman–Crippen LogP) is 12.2. The SMILES string of the molecule is Cc1ccc2c(c1)C(C)(C#N)c1cc(N(c3ccc4c(c3)C(C)(C)c3ccccc3-4)c3ccc4c(c3)C(C)(C)C(C)(C)C4(C)C)ccc1-2. The Balaban J connectivity index is 1.36. The fourth-order valence-corrected chi connectivity index (χ4v) is 9.36. The summed E-state index contributed by atoms with van der Waals surface area (Å²) in [6.07, 6.45) is 0. The van der Waals surface area contributed by atoms with Crippen LogP contribution in [-0.2, 0) is 21.7 Å². The van der Waals surface area contributed by atoms with Crippen LogP contribution in [-0.4, -0.2) is 0 Å². The quantitative estimate of drug-likeness (QED) is 0.199. The average molecular weight is 627 g/mol. The summed E-state index contributed by atoms with van der Waals surface area (Å²) in [5.74, 6) is 0. The van der Waals surface area contributed by atoms with Crippen molar-refractivity contribution in [1.82, 2.24) is 0 Å². The molecule has 5 aromatic carbocycles. The molecule has 2 heteroatoms. The smallest absolute Gasteiger partial charge is 0.106 e. The normalized spacial score (nSPS) is 21.0. The molecule has 0 heterocycles. The first-order chi connectivity index (χ1) is 22.6. The van der Waals surface area contributed by atoms with Crippen molar-refractivity contribution in [3.8, 4) is 28.3 Å². The molecule has 0 aromatic heterocycles. The van der Waals surface area contributed by atoms with Gasteiger partial charge in [0.2, 0.25) is 0 Å². The van der Waals surface area contributed by atoms with Crippen LogP contribution in [0, 0.1) is 23.7 Å². The fourth-order valence-electron chi connectivity index (χ4n) is 9.36. The van der Waals surface area contributed by atoms with Crippen LogP contribution in [0.25, 0.3) is 22.3 Å². The first-order valence-corrected chi connectivity index (χ1v) is 17.4. The van der Waals surface area contributed by atoms with Crippen LogP contribution >= 0.6 is 0 Å². The van der Waals surface area contributed by atoms with Gasteiger partial charge in [-0.1, -0.05) is 122 Å². The fraction of sp³-hybridized carbons (Fsp3) is 0.326. The van der Waals surface area contributed by atoms with Gasteiger partial charge in [-0.2, -0.15) is 5.26 Å². The lowest BCUT2D eigenvalue weighted by atomic mass is 9.59. The van der Waals surface area contributed by atoms with Gasteiger partial charge < -0.3 is 4.90 Å². The second kappa shape index (κ2) is 9.51. The highest BCUT2D eigenvalue weighted by Gasteiger charge is 2.57. The highest BCUT2D eigenvalue weighted by atomic mass is 15.1. The molecule has 1 unspecified atom stereocenters. The van der Waals surface area contributed by atoms with E-state index in [4.69, 9.17) is 0 Å². The second-order valence-corrected chi connectivity index (χ2v) is 16.9. The number of hydrogen-bond donors (Lipinski definition) is 0. The van der Waals surface area contributed by atoms with Crippen molar-refractivity contribution in [2.24, 2.45) is 5.41 Å². The molecule has 8 rings (SSSR count). The van der Waals surface area contributed by atoms with Gasteiger partial charge in [0.15, 0.2) is 0 Å². The third kappa shape index (κ3) is 3.68. The molecule has 2 nitrogen and oxygen atoms in total. The molecule has 1 atom stereocenters. The van der Waals surface area contributed by atoms with Gasteiger partial charge in [0.1, 0.15) is 5.41 Å². The van der Waals surface area contributed by atoms with Crippen molar-refractivity contribution >= 4 is 17.1 Å². The minimum atomic E-state index is -0.728. The maximum absolute atomic E-state index is 10.7. The highest BCUT2D eigenvalue weighted by Crippen LogP contribution is 2.62. The molecule has 0 spiro atoms. The third-order valence-electron chi connectivity index (χ3n) is 13.6. The Hall–Kier alpha value is -4.61. The summed E-state index contributed by atoms with van der Waals surface area (Å²) in [6.45, 7) is 23.4. The van der Waals surface area contributed by atoms with E-state index in [9.17, 15) is 5.26 Å². The van der Waals surface area contributed by atoms with Crippen molar-refractivity contribution in [3.63, 3.8) is 0 Å². The zero-order chi connectivity index (χ0) is 34.2. The molecule has 0 bridgehead atoms. The molecule has 5 aromatic rings. The number of anilines is 3. The maximum Gasteiger partial charge on any atom is 0.106 e. The van der Waals surface area contributed by atoms with Gasteiger partial charge in [0.05, 0.1) is 6.07 Å². The Morgan fingerprint density at radius 3 is 1.60 bits per heavy atom. The van der Waals surface area contributed by atoms with E-state index in [0.717, 1.165) is 33.8 Å². The summed E-state index contributed by atoms with van der Waals surface area (Å²) in [4.78, 5) is 2.43. The molecule has 0 N–H and O–H groups in total. The van der Waals surface area contributed by atoms with Crippen molar-refractivity contribution in [1.29, 1.82) is 5.26 Å². The number of rotatable bonds is 3. The van der Waals surface area contributed by atoms with Gasteiger partial charge >= 0.3 is 0 Å². The summed E-state index contributed by atoms with van der Waals surface area (Å²) >= 11 is 0. The molecule has 0 saturated carbocycles. The lowest BCUT2D eigenvalue weighted by molar-refractivity contribution is 0.125. The van der Waals surface area contributed by atoms with E-state index >= 15 is 0 Å². The van der Waals surface area contributed by atoms with Gasteiger partial charge in [-0.3, -0.25) is 0 Å². The molecular weight excluding hydrogens is 581 g/mol. The van der Waals surface area contributed by atoms with Crippen molar-refractivity contribution < 1.29 is 0 Å². The summed E-state index contributed by atoms with van der Waals surface area (Å²) in [5.41, 5.74) is 16.5. The van der Waals surface area contributed by atoms with Gasteiger partial charge in [0, 0.05) is 22.5 Å². The summed E-state index contributed by atoms with van der Waals surface area (Å²) in [7, 11) is 0. The van der Waals surface area contributed by atoms with E-state index in [-0.39, 0.29) is 21.7 Å². The molecule has 48 heavy (non-hydrogen) atoms. The number of nitrogens with zero attached hydrogens (tertiary/aromatic N) is 2. The van der Waals surface area contributed by atoms with Crippen LogP contribution in [0.3, 0.4) is 0 Å². The van der Waals surface area contributed by atoms with Crippen molar-refractivity contribution in [2.75, 3.05) is 4.90 Å². The first kappa shape index (κ1) is 30.7. The predicted molar refractivity (Wildman–Crippen MR) is 201 cm³/mol. The molecule has 0 fully saturated rings. The highest BCUT2D eigenvalue weighted by molar-refractivity contribution is 5.89. The summed E-state index contributed by atoms with van der Waals surface area (Å²) in [6, 6.07) is 39.1. The molecule has 0 aliphatic heterocycles. The van der Waals surface area contributed by atoms with E-state index in [2.05, 4.69) is 177 Å². The maximum atomic E-state index is 10.7. The molecule has 0 radical (unpaired) electrons. The van der Waals surface area contributed by atoms with Gasteiger partial charge in [-0.25, -0.2) is 0 Å². The topological polar surface area (TPSA) is 27.0 Å². The lowest BCUT2D eigenvalue weighted by Gasteiger charge is -2.44. The Morgan fingerprint density at radius 1 is 0.479 bits per heavy atom. The van der Waals surface area contributed by atoms with Crippen LogP contribution in [0.15, 0.2) is 97.1 Å². The Kier molecular flexibility index (Phi) is 6.08. The van der Waals surface area contributed by atoms with E-state index in [1.54, 1.807) is 0 Å². The molecule has 3 aliphatic carbocycles. The Labute approximate surface area is 287 Å². The van der Waals surface area contributed by atoms with Crippen LogP contribution in [0.4, 0.5) is 17.1 Å². The van der Waals surface area contributed by atoms with Crippen LogP contribution in [0.1, 0.15) is 101 Å². The van der Waals surface area contributed by atoms with E-state index < -0.39 is 5.41 Å². The molecular formula is C46H46N2. The Bertz CT molecular complexity index is 2240. The van der Waals surface area contributed by atoms with Gasteiger partial charge in [0.25, 0.3) is 0 Å². The number of aryl methyl sites for hydroxylation is 1. The van der Waals surface area contributed by atoms with Gasteiger partial charge in [-0.15, -0.1) is 0 Å². The van der Waals surface area contributed by atoms with Crippen molar-refractivity contribution in [3.05, 3.63) is 136 Å². The van der Waals surface area contributed by atoms with Gasteiger partial charge in [-0.05, 0) is 122 Å². The largest absolute Gasteiger partial charge is 0.310 e. The van der Waals surface area contributed by atoms with Crippen molar-refractivity contribution in [2.45, 2.75) is 90.9 Å². The molecule has 0 amide bonds. The number of fused-ring (bicyclic) bond motifs is 7. The zero-order valence-corrected chi connectivity index (χ0v) is 30.1. The molecule has 3 aliphatic rings. The standard InChI is InChI=1S/C46H46N2/c1-28-15-19-34-35-21-17-30(25-40(35)46(10,27-47)39(34)23-28)48(31-18-22-37-41(26-31)44(6,7)45(8,9)43(37,4)5)29-16-20-33-32-13-11-12-14-36(32)42(2,3)38(33)24-29/h11-26H,1-10H3. The minimum absolute atomic E-state index is 0.0219. The molecule has 0 saturated heterocycles. The number of benzene rings is 5.